The van der Waals surface area contributed by atoms with Crippen molar-refractivity contribution in [2.45, 2.75) is 32.6 Å². The number of carbonyl (C=O) groups excluding carboxylic acids is 1. The van der Waals surface area contributed by atoms with E-state index in [0.717, 1.165) is 51.6 Å². The molecule has 1 unspecified atom stereocenters. The Labute approximate surface area is 162 Å². The van der Waals surface area contributed by atoms with Crippen molar-refractivity contribution in [3.63, 3.8) is 0 Å². The van der Waals surface area contributed by atoms with Gasteiger partial charge in [0.1, 0.15) is 5.76 Å². The number of aliphatic hydroxyl groups excluding tert-OH is 1. The second-order valence-electron chi connectivity index (χ2n) is 7.84. The van der Waals surface area contributed by atoms with Crippen LogP contribution in [0.5, 0.6) is 0 Å². The van der Waals surface area contributed by atoms with Gasteiger partial charge in [-0.2, -0.15) is 0 Å². The van der Waals surface area contributed by atoms with Crippen LogP contribution in [0, 0.1) is 23.7 Å². The van der Waals surface area contributed by atoms with E-state index in [1.807, 2.05) is 12.1 Å². The number of aryl methyl sites for hydroxylation is 1. The normalized spacial score (nSPS) is 29.7. The van der Waals surface area contributed by atoms with Gasteiger partial charge in [0, 0.05) is 16.7 Å². The van der Waals surface area contributed by atoms with E-state index in [2.05, 4.69) is 25.1 Å². The molecule has 5 rings (SSSR count). The first kappa shape index (κ1) is 16.6. The molecule has 1 heterocycles. The number of fused-ring (bicyclic) bond motifs is 5. The number of aliphatic hydroxyl groups is 1. The lowest BCUT2D eigenvalue weighted by Crippen LogP contribution is -2.24. The summed E-state index contributed by atoms with van der Waals surface area (Å²) in [5, 5.41) is 11.0. The lowest BCUT2D eigenvalue weighted by molar-refractivity contribution is -0.118. The smallest absolute Gasteiger partial charge is 0.170 e. The molecule has 0 spiro atoms. The van der Waals surface area contributed by atoms with Crippen LogP contribution in [0.25, 0.3) is 16.0 Å². The molecule has 2 nitrogen and oxygen atoms in total. The molecule has 26 heavy (non-hydrogen) atoms. The highest BCUT2D eigenvalue weighted by molar-refractivity contribution is 7.19. The Morgan fingerprint density at radius 3 is 2.58 bits per heavy atom. The van der Waals surface area contributed by atoms with Crippen molar-refractivity contribution in [2.24, 2.45) is 23.7 Å². The number of benzene rings is 1. The molecular weight excluding hydrogens is 364 g/mol. The summed E-state index contributed by atoms with van der Waals surface area (Å²) in [7, 11) is 0. The molecule has 4 atom stereocenters. The van der Waals surface area contributed by atoms with Gasteiger partial charge >= 0.3 is 0 Å². The minimum Gasteiger partial charge on any atom is -0.511 e. The zero-order valence-corrected chi connectivity index (χ0v) is 16.2. The highest BCUT2D eigenvalue weighted by atomic mass is 35.5. The molecule has 3 aliphatic carbocycles. The van der Waals surface area contributed by atoms with Crippen molar-refractivity contribution >= 4 is 34.3 Å². The molecule has 0 radical (unpaired) electrons. The van der Waals surface area contributed by atoms with Gasteiger partial charge in [0.15, 0.2) is 5.78 Å². The predicted octanol–water partition coefficient (Wildman–Crippen LogP) is 6.15. The summed E-state index contributed by atoms with van der Waals surface area (Å²) < 4.78 is 0.756. The Morgan fingerprint density at radius 1 is 1.15 bits per heavy atom. The first-order chi connectivity index (χ1) is 12.6. The van der Waals surface area contributed by atoms with Gasteiger partial charge in [0.05, 0.1) is 9.91 Å². The van der Waals surface area contributed by atoms with Crippen LogP contribution < -0.4 is 0 Å². The van der Waals surface area contributed by atoms with Gasteiger partial charge < -0.3 is 5.11 Å². The van der Waals surface area contributed by atoms with Gasteiger partial charge in [-0.25, -0.2) is 0 Å². The van der Waals surface area contributed by atoms with Gasteiger partial charge in [0.25, 0.3) is 0 Å². The van der Waals surface area contributed by atoms with Crippen molar-refractivity contribution in [1.82, 2.24) is 0 Å². The van der Waals surface area contributed by atoms with Crippen LogP contribution >= 0.6 is 22.9 Å². The number of ketones is 1. The van der Waals surface area contributed by atoms with Crippen LogP contribution in [0.2, 0.25) is 4.34 Å². The Morgan fingerprint density at radius 2 is 1.92 bits per heavy atom. The zero-order valence-electron chi connectivity index (χ0n) is 14.7. The summed E-state index contributed by atoms with van der Waals surface area (Å²) in [4.78, 5) is 14.4. The molecule has 0 saturated heterocycles. The molecule has 4 heteroatoms. The third-order valence-electron chi connectivity index (χ3n) is 6.66. The molecule has 134 valence electrons. The summed E-state index contributed by atoms with van der Waals surface area (Å²) in [6.07, 6.45) is 4.26. The van der Waals surface area contributed by atoms with Gasteiger partial charge in [-0.1, -0.05) is 30.7 Å². The molecule has 2 fully saturated rings. The summed E-state index contributed by atoms with van der Waals surface area (Å²) in [5.74, 6) is 1.60. The third kappa shape index (κ3) is 2.26. The quantitative estimate of drug-likeness (QED) is 0.689. The van der Waals surface area contributed by atoms with E-state index in [1.165, 1.54) is 11.3 Å². The van der Waals surface area contributed by atoms with Crippen LogP contribution in [0.15, 0.2) is 36.1 Å². The van der Waals surface area contributed by atoms with E-state index in [9.17, 15) is 9.90 Å². The first-order valence-electron chi connectivity index (χ1n) is 9.44. The first-order valence-corrected chi connectivity index (χ1v) is 10.6. The molecule has 1 N–H and O–H groups in total. The van der Waals surface area contributed by atoms with Crippen molar-refractivity contribution < 1.29 is 9.90 Å². The summed E-state index contributed by atoms with van der Waals surface area (Å²) >= 11 is 7.64. The molecule has 0 aliphatic heterocycles. The third-order valence-corrected chi connectivity index (χ3v) is 7.94. The second kappa shape index (κ2) is 5.97. The fraction of sp³-hybridized carbons (Fsp3) is 0.409. The maximum absolute atomic E-state index is 13.3. The fourth-order valence-corrected chi connectivity index (χ4v) is 6.57. The lowest BCUT2D eigenvalue weighted by atomic mass is 9.80. The molecule has 2 bridgehead atoms. The predicted molar refractivity (Wildman–Crippen MR) is 107 cm³/mol. The van der Waals surface area contributed by atoms with Gasteiger partial charge in [0.2, 0.25) is 0 Å². The summed E-state index contributed by atoms with van der Waals surface area (Å²) in [6, 6.07) is 10.2. The SMILES string of the molecule is CCc1ccc(-c2ccc(Cl)s2)cc1C1=C(O)C2[C@H]3CC[C@H](C3)[C@H]2C1=O. The number of carbonyl (C=O) groups is 1. The molecular formula is C22H21ClO2S. The highest BCUT2D eigenvalue weighted by Crippen LogP contribution is 2.60. The Bertz CT molecular complexity index is 941. The molecule has 2 aromatic rings. The fourth-order valence-electron chi connectivity index (χ4n) is 5.53. The molecule has 0 amide bonds. The van der Waals surface area contributed by atoms with Crippen LogP contribution in [-0.4, -0.2) is 10.9 Å². The standard InChI is InChI=1S/C22H21ClO2S/c1-2-11-3-4-12(16-7-8-17(23)26-16)10-15(11)20-21(24)18-13-5-6-14(9-13)19(18)22(20)25/h3-4,7-8,10,13-14,18-19,24H,2,5-6,9H2,1H3/t13-,14+,18?,19+/m0/s1. The largest absolute Gasteiger partial charge is 0.511 e. The van der Waals surface area contributed by atoms with Gasteiger partial charge in [-0.3, -0.25) is 4.79 Å². The number of thiophene rings is 1. The summed E-state index contributed by atoms with van der Waals surface area (Å²) in [5.41, 5.74) is 3.70. The van der Waals surface area contributed by atoms with Crippen LogP contribution in [0.1, 0.15) is 37.3 Å². The molecule has 3 aliphatic rings. The number of allylic oxidation sites excluding steroid dienone is 2. The van der Waals surface area contributed by atoms with E-state index in [-0.39, 0.29) is 17.6 Å². The maximum atomic E-state index is 13.3. The number of rotatable bonds is 3. The van der Waals surface area contributed by atoms with E-state index >= 15 is 0 Å². The Hall–Kier alpha value is -1.58. The van der Waals surface area contributed by atoms with Gasteiger partial charge in [-0.15, -0.1) is 11.3 Å². The number of Topliss-reactive ketones (excluding diaryl/α,β-unsaturated/α-hetero) is 1. The van der Waals surface area contributed by atoms with Gasteiger partial charge in [-0.05, 0) is 72.4 Å². The monoisotopic (exact) mass is 384 g/mol. The van der Waals surface area contributed by atoms with Crippen LogP contribution in [0.3, 0.4) is 0 Å². The Kier molecular flexibility index (Phi) is 3.81. The number of halogens is 1. The topological polar surface area (TPSA) is 37.3 Å². The minimum absolute atomic E-state index is 0.0216. The minimum atomic E-state index is 0.0216. The van der Waals surface area contributed by atoms with Crippen LogP contribution in [0.4, 0.5) is 0 Å². The van der Waals surface area contributed by atoms with Crippen molar-refractivity contribution in [2.75, 3.05) is 0 Å². The molecule has 1 aromatic carbocycles. The van der Waals surface area contributed by atoms with E-state index in [4.69, 9.17) is 11.6 Å². The number of hydrogen-bond acceptors (Lipinski definition) is 3. The molecule has 2 saturated carbocycles. The van der Waals surface area contributed by atoms with E-state index in [1.54, 1.807) is 0 Å². The van der Waals surface area contributed by atoms with Crippen LogP contribution in [-0.2, 0) is 11.2 Å². The summed E-state index contributed by atoms with van der Waals surface area (Å²) in [6.45, 7) is 2.10. The van der Waals surface area contributed by atoms with Crippen molar-refractivity contribution in [1.29, 1.82) is 0 Å². The maximum Gasteiger partial charge on any atom is 0.170 e. The van der Waals surface area contributed by atoms with Crippen molar-refractivity contribution in [3.8, 4) is 10.4 Å². The van der Waals surface area contributed by atoms with Crippen molar-refractivity contribution in [3.05, 3.63) is 51.6 Å². The number of hydrogen-bond donors (Lipinski definition) is 1. The highest BCUT2D eigenvalue weighted by Gasteiger charge is 2.57. The second-order valence-corrected chi connectivity index (χ2v) is 9.55. The zero-order chi connectivity index (χ0) is 18.0. The van der Waals surface area contributed by atoms with E-state index in [0.29, 0.717) is 23.2 Å². The average Bonchev–Trinajstić information content (AvgIpc) is 3.39. The average molecular weight is 385 g/mol. The van der Waals surface area contributed by atoms with E-state index < -0.39 is 0 Å². The Balaban J connectivity index is 1.64. The lowest BCUT2D eigenvalue weighted by Gasteiger charge is -2.23. The molecule has 1 aromatic heterocycles.